The fourth-order valence-electron chi connectivity index (χ4n) is 2.70. The van der Waals surface area contributed by atoms with Gasteiger partial charge in [-0.3, -0.25) is 4.99 Å². The number of amidine groups is 1. The summed E-state index contributed by atoms with van der Waals surface area (Å²) in [6, 6.07) is 11.1. The van der Waals surface area contributed by atoms with E-state index in [1.807, 2.05) is 0 Å². The van der Waals surface area contributed by atoms with Gasteiger partial charge in [-0.1, -0.05) is 30.3 Å². The third kappa shape index (κ3) is 1.84. The molecular weight excluding hydrogens is 196 g/mol. The van der Waals surface area contributed by atoms with Crippen LogP contribution in [0.25, 0.3) is 0 Å². The predicted molar refractivity (Wildman–Crippen MR) is 66.7 cm³/mol. The summed E-state index contributed by atoms with van der Waals surface area (Å²) in [7, 11) is 0. The van der Waals surface area contributed by atoms with Crippen LogP contribution in [0.3, 0.4) is 0 Å². The summed E-state index contributed by atoms with van der Waals surface area (Å²) < 4.78 is 0. The van der Waals surface area contributed by atoms with Crippen molar-refractivity contribution < 1.29 is 0 Å². The largest absolute Gasteiger partial charge is 0.360 e. The van der Waals surface area contributed by atoms with E-state index in [-0.39, 0.29) is 0 Å². The van der Waals surface area contributed by atoms with Gasteiger partial charge in [-0.25, -0.2) is 0 Å². The summed E-state index contributed by atoms with van der Waals surface area (Å²) in [4.78, 5) is 7.39. The second-order valence-electron chi connectivity index (χ2n) is 4.70. The predicted octanol–water partition coefficient (Wildman–Crippen LogP) is 3.02. The van der Waals surface area contributed by atoms with Gasteiger partial charge in [0.05, 0.1) is 11.9 Å². The van der Waals surface area contributed by atoms with Crippen molar-refractivity contribution in [1.29, 1.82) is 0 Å². The smallest absolute Gasteiger partial charge is 0.0996 e. The van der Waals surface area contributed by atoms with Crippen molar-refractivity contribution in [3.05, 3.63) is 35.9 Å². The molecular formula is C14H18N2. The number of piperidine rings is 1. The lowest BCUT2D eigenvalue weighted by Gasteiger charge is -2.36. The highest BCUT2D eigenvalue weighted by atomic mass is 15.2. The molecule has 0 aromatic heterocycles. The van der Waals surface area contributed by atoms with Crippen LogP contribution in [0, 0.1) is 0 Å². The Kier molecular flexibility index (Phi) is 2.65. The van der Waals surface area contributed by atoms with Crippen LogP contribution in [0.15, 0.2) is 35.3 Å². The minimum absolute atomic E-state index is 0.408. The minimum atomic E-state index is 0.408. The zero-order valence-electron chi connectivity index (χ0n) is 9.60. The highest BCUT2D eigenvalue weighted by molar-refractivity contribution is 5.83. The number of hydrogen-bond donors (Lipinski definition) is 0. The van der Waals surface area contributed by atoms with Gasteiger partial charge >= 0.3 is 0 Å². The standard InChI is InChI=1S/C14H18N2/c1-2-6-12(7-3-1)13-9-11-16-10-5-4-8-14(16)15-13/h1-3,6-7,13H,4-5,8-11H2. The van der Waals surface area contributed by atoms with Gasteiger partial charge in [0.25, 0.3) is 0 Å². The molecule has 84 valence electrons. The third-order valence-corrected chi connectivity index (χ3v) is 3.61. The second kappa shape index (κ2) is 4.28. The maximum absolute atomic E-state index is 4.92. The molecule has 1 fully saturated rings. The summed E-state index contributed by atoms with van der Waals surface area (Å²) in [6.07, 6.45) is 5.02. The Bertz CT molecular complexity index is 383. The summed E-state index contributed by atoms with van der Waals surface area (Å²) in [5.41, 5.74) is 1.38. The molecule has 0 N–H and O–H groups in total. The van der Waals surface area contributed by atoms with E-state index < -0.39 is 0 Å². The van der Waals surface area contributed by atoms with Gasteiger partial charge in [0.2, 0.25) is 0 Å². The molecule has 2 nitrogen and oxygen atoms in total. The number of hydrogen-bond acceptors (Lipinski definition) is 2. The highest BCUT2D eigenvalue weighted by Gasteiger charge is 2.24. The number of rotatable bonds is 1. The van der Waals surface area contributed by atoms with Crippen LogP contribution < -0.4 is 0 Å². The lowest BCUT2D eigenvalue weighted by molar-refractivity contribution is 0.327. The summed E-state index contributed by atoms with van der Waals surface area (Å²) in [6.45, 7) is 2.42. The van der Waals surface area contributed by atoms with E-state index in [0.29, 0.717) is 6.04 Å². The van der Waals surface area contributed by atoms with Crippen LogP contribution in [0.1, 0.15) is 37.3 Å². The number of fused-ring (bicyclic) bond motifs is 1. The van der Waals surface area contributed by atoms with Crippen molar-refractivity contribution in [2.45, 2.75) is 31.7 Å². The molecule has 3 rings (SSSR count). The first-order chi connectivity index (χ1) is 7.93. The van der Waals surface area contributed by atoms with Crippen LogP contribution in [0.4, 0.5) is 0 Å². The first-order valence-corrected chi connectivity index (χ1v) is 6.30. The van der Waals surface area contributed by atoms with E-state index >= 15 is 0 Å². The van der Waals surface area contributed by atoms with Crippen molar-refractivity contribution in [1.82, 2.24) is 4.90 Å². The molecule has 16 heavy (non-hydrogen) atoms. The maximum Gasteiger partial charge on any atom is 0.0996 e. The molecule has 1 saturated heterocycles. The topological polar surface area (TPSA) is 15.6 Å². The molecule has 2 aliphatic heterocycles. The zero-order chi connectivity index (χ0) is 10.8. The molecule has 0 aliphatic carbocycles. The van der Waals surface area contributed by atoms with Crippen molar-refractivity contribution in [3.8, 4) is 0 Å². The molecule has 1 unspecified atom stereocenters. The van der Waals surface area contributed by atoms with Gasteiger partial charge in [0, 0.05) is 19.5 Å². The van der Waals surface area contributed by atoms with E-state index in [1.54, 1.807) is 0 Å². The van der Waals surface area contributed by atoms with Crippen molar-refractivity contribution >= 4 is 5.84 Å². The molecule has 2 heterocycles. The molecule has 0 bridgehead atoms. The molecule has 2 aliphatic rings. The Morgan fingerprint density at radius 1 is 1.06 bits per heavy atom. The van der Waals surface area contributed by atoms with Crippen LogP contribution in [-0.2, 0) is 0 Å². The summed E-state index contributed by atoms with van der Waals surface area (Å²) in [5.74, 6) is 1.35. The van der Waals surface area contributed by atoms with Gasteiger partial charge in [-0.15, -0.1) is 0 Å². The molecule has 0 amide bonds. The third-order valence-electron chi connectivity index (χ3n) is 3.61. The normalized spacial score (nSPS) is 24.9. The highest BCUT2D eigenvalue weighted by Crippen LogP contribution is 2.28. The number of aliphatic imine (C=N–C) groups is 1. The summed E-state index contributed by atoms with van der Waals surface area (Å²) >= 11 is 0. The molecule has 2 heteroatoms. The molecule has 0 radical (unpaired) electrons. The quantitative estimate of drug-likeness (QED) is 0.701. The fourth-order valence-corrected chi connectivity index (χ4v) is 2.70. The van der Waals surface area contributed by atoms with Gasteiger partial charge in [-0.2, -0.15) is 0 Å². The van der Waals surface area contributed by atoms with Gasteiger partial charge < -0.3 is 4.90 Å². The van der Waals surface area contributed by atoms with Crippen LogP contribution in [-0.4, -0.2) is 23.8 Å². The van der Waals surface area contributed by atoms with Crippen LogP contribution >= 0.6 is 0 Å². The molecule has 1 atom stereocenters. The number of benzene rings is 1. The Balaban J connectivity index is 1.84. The number of nitrogens with zero attached hydrogens (tertiary/aromatic N) is 2. The van der Waals surface area contributed by atoms with E-state index in [9.17, 15) is 0 Å². The van der Waals surface area contributed by atoms with Gasteiger partial charge in [0.15, 0.2) is 0 Å². The molecule has 1 aromatic carbocycles. The van der Waals surface area contributed by atoms with Crippen molar-refractivity contribution in [3.63, 3.8) is 0 Å². The Labute approximate surface area is 97.0 Å². The monoisotopic (exact) mass is 214 g/mol. The lowest BCUT2D eigenvalue weighted by atomic mass is 10.00. The molecule has 0 saturated carbocycles. The Hall–Kier alpha value is -1.31. The minimum Gasteiger partial charge on any atom is -0.360 e. The van der Waals surface area contributed by atoms with E-state index in [2.05, 4.69) is 35.2 Å². The summed E-state index contributed by atoms with van der Waals surface area (Å²) in [5, 5.41) is 0. The van der Waals surface area contributed by atoms with Crippen LogP contribution in [0.2, 0.25) is 0 Å². The van der Waals surface area contributed by atoms with Crippen molar-refractivity contribution in [2.75, 3.05) is 13.1 Å². The first kappa shape index (κ1) is 9.88. The van der Waals surface area contributed by atoms with Crippen molar-refractivity contribution in [2.24, 2.45) is 4.99 Å². The van der Waals surface area contributed by atoms with E-state index in [1.165, 1.54) is 50.2 Å². The SMILES string of the molecule is c1ccc(C2CCN3CCCCC3=N2)cc1. The zero-order valence-corrected chi connectivity index (χ0v) is 9.60. The van der Waals surface area contributed by atoms with Crippen LogP contribution in [0.5, 0.6) is 0 Å². The fraction of sp³-hybridized carbons (Fsp3) is 0.500. The van der Waals surface area contributed by atoms with E-state index in [0.717, 1.165) is 0 Å². The van der Waals surface area contributed by atoms with Gasteiger partial charge in [-0.05, 0) is 24.8 Å². The second-order valence-corrected chi connectivity index (χ2v) is 4.70. The van der Waals surface area contributed by atoms with Gasteiger partial charge in [0.1, 0.15) is 0 Å². The maximum atomic E-state index is 4.92. The molecule has 1 aromatic rings. The average Bonchev–Trinajstić information content (AvgIpc) is 2.39. The average molecular weight is 214 g/mol. The van der Waals surface area contributed by atoms with E-state index in [4.69, 9.17) is 4.99 Å². The lowest BCUT2D eigenvalue weighted by Crippen LogP contribution is -2.39. The molecule has 0 spiro atoms. The Morgan fingerprint density at radius 2 is 1.94 bits per heavy atom. The Morgan fingerprint density at radius 3 is 2.81 bits per heavy atom. The first-order valence-electron chi connectivity index (χ1n) is 6.30.